The van der Waals surface area contributed by atoms with Gasteiger partial charge in [-0.3, -0.25) is 0 Å². The summed E-state index contributed by atoms with van der Waals surface area (Å²) in [6, 6.07) is 0. The van der Waals surface area contributed by atoms with Crippen LogP contribution in [0.5, 0.6) is 0 Å². The number of hydrogen-bond acceptors (Lipinski definition) is 1. The van der Waals surface area contributed by atoms with Crippen molar-refractivity contribution < 1.29 is 5.11 Å². The molecule has 3 rings (SSSR count). The zero-order valence-electron chi connectivity index (χ0n) is 15.0. The van der Waals surface area contributed by atoms with Gasteiger partial charge in [-0.15, -0.1) is 0 Å². The molecule has 1 nitrogen and oxygen atoms in total. The highest BCUT2D eigenvalue weighted by molar-refractivity contribution is 4.91. The van der Waals surface area contributed by atoms with Crippen LogP contribution >= 0.6 is 0 Å². The number of aliphatic hydroxyl groups is 1. The first-order valence-corrected chi connectivity index (χ1v) is 10.3. The van der Waals surface area contributed by atoms with Crippen LogP contribution in [-0.4, -0.2) is 11.2 Å². The van der Waals surface area contributed by atoms with Gasteiger partial charge < -0.3 is 5.11 Å². The molecule has 1 N–H and O–H groups in total. The van der Waals surface area contributed by atoms with Gasteiger partial charge in [0, 0.05) is 0 Å². The first-order chi connectivity index (χ1) is 10.6. The van der Waals surface area contributed by atoms with Gasteiger partial charge in [0.05, 0.1) is 6.10 Å². The molecule has 3 fully saturated rings. The van der Waals surface area contributed by atoms with E-state index in [-0.39, 0.29) is 6.10 Å². The Bertz CT molecular complexity index is 326. The molecule has 0 saturated heterocycles. The van der Waals surface area contributed by atoms with E-state index in [2.05, 4.69) is 13.8 Å². The van der Waals surface area contributed by atoms with Crippen molar-refractivity contribution in [2.75, 3.05) is 0 Å². The van der Waals surface area contributed by atoms with E-state index in [1.807, 2.05) is 0 Å². The zero-order valence-corrected chi connectivity index (χ0v) is 15.0. The minimum absolute atomic E-state index is 0.0119. The van der Waals surface area contributed by atoms with Crippen LogP contribution in [0, 0.1) is 29.1 Å². The molecule has 3 saturated carbocycles. The highest BCUT2D eigenvalue weighted by Crippen LogP contribution is 2.50. The van der Waals surface area contributed by atoms with Crippen molar-refractivity contribution in [3.63, 3.8) is 0 Å². The van der Waals surface area contributed by atoms with Gasteiger partial charge in [0.1, 0.15) is 0 Å². The van der Waals surface area contributed by atoms with Gasteiger partial charge in [0.15, 0.2) is 0 Å². The lowest BCUT2D eigenvalue weighted by Gasteiger charge is -2.47. The van der Waals surface area contributed by atoms with Crippen LogP contribution in [0.2, 0.25) is 0 Å². The summed E-state index contributed by atoms with van der Waals surface area (Å²) in [7, 11) is 0. The SMILES string of the molecule is CC(C)(C1CCCCC1)C1CCC(C2CCC(O)CC2)CC1. The van der Waals surface area contributed by atoms with Crippen LogP contribution in [0.4, 0.5) is 0 Å². The van der Waals surface area contributed by atoms with E-state index < -0.39 is 0 Å². The molecule has 0 amide bonds. The maximum Gasteiger partial charge on any atom is 0.0540 e. The molecule has 0 spiro atoms. The lowest BCUT2D eigenvalue weighted by Crippen LogP contribution is -2.37. The van der Waals surface area contributed by atoms with Crippen LogP contribution in [-0.2, 0) is 0 Å². The van der Waals surface area contributed by atoms with E-state index in [1.54, 1.807) is 0 Å². The van der Waals surface area contributed by atoms with Gasteiger partial charge in [-0.25, -0.2) is 0 Å². The molecule has 0 aliphatic heterocycles. The predicted octanol–water partition coefficient (Wildman–Crippen LogP) is 5.95. The predicted molar refractivity (Wildman–Crippen MR) is 93.8 cm³/mol. The van der Waals surface area contributed by atoms with Crippen LogP contribution in [0.15, 0.2) is 0 Å². The zero-order chi connectivity index (χ0) is 15.6. The number of hydrogen-bond donors (Lipinski definition) is 1. The molecule has 0 aromatic heterocycles. The van der Waals surface area contributed by atoms with Gasteiger partial charge in [-0.05, 0) is 93.3 Å². The van der Waals surface area contributed by atoms with Crippen molar-refractivity contribution in [3.8, 4) is 0 Å². The Labute approximate surface area is 138 Å². The fourth-order valence-corrected chi connectivity index (χ4v) is 6.09. The van der Waals surface area contributed by atoms with Gasteiger partial charge in [0.25, 0.3) is 0 Å². The van der Waals surface area contributed by atoms with Crippen molar-refractivity contribution >= 4 is 0 Å². The van der Waals surface area contributed by atoms with Gasteiger partial charge >= 0.3 is 0 Å². The molecule has 0 aromatic rings. The summed E-state index contributed by atoms with van der Waals surface area (Å²) in [5, 5.41) is 9.72. The molecule has 3 aliphatic carbocycles. The van der Waals surface area contributed by atoms with Crippen molar-refractivity contribution in [1.29, 1.82) is 0 Å². The first-order valence-electron chi connectivity index (χ1n) is 10.3. The van der Waals surface area contributed by atoms with Crippen molar-refractivity contribution in [1.82, 2.24) is 0 Å². The topological polar surface area (TPSA) is 20.2 Å². The quantitative estimate of drug-likeness (QED) is 0.683. The molecule has 1 heteroatoms. The fourth-order valence-electron chi connectivity index (χ4n) is 6.09. The standard InChI is InChI=1S/C21H38O/c1-21(2,18-6-4-3-5-7-18)19-12-8-16(9-13-19)17-10-14-20(22)15-11-17/h16-20,22H,3-15H2,1-2H3. The van der Waals surface area contributed by atoms with E-state index >= 15 is 0 Å². The summed E-state index contributed by atoms with van der Waals surface area (Å²) in [5.41, 5.74) is 0.578. The van der Waals surface area contributed by atoms with E-state index in [0.717, 1.165) is 36.5 Å². The second kappa shape index (κ2) is 7.24. The Morgan fingerprint density at radius 2 is 1.05 bits per heavy atom. The number of aliphatic hydroxyl groups excluding tert-OH is 1. The molecule has 0 bridgehead atoms. The lowest BCUT2D eigenvalue weighted by molar-refractivity contribution is 0.0275. The molecular formula is C21H38O. The molecule has 0 aromatic carbocycles. The second-order valence-corrected chi connectivity index (χ2v) is 9.34. The Balaban J connectivity index is 1.50. The highest BCUT2D eigenvalue weighted by atomic mass is 16.3. The monoisotopic (exact) mass is 306 g/mol. The van der Waals surface area contributed by atoms with Crippen LogP contribution in [0.1, 0.15) is 97.3 Å². The molecule has 0 unspecified atom stereocenters. The van der Waals surface area contributed by atoms with Gasteiger partial charge in [-0.1, -0.05) is 33.1 Å². The largest absolute Gasteiger partial charge is 0.393 e. The highest BCUT2D eigenvalue weighted by Gasteiger charge is 2.40. The fraction of sp³-hybridized carbons (Fsp3) is 1.00. The van der Waals surface area contributed by atoms with E-state index in [1.165, 1.54) is 70.6 Å². The third kappa shape index (κ3) is 3.71. The summed E-state index contributed by atoms with van der Waals surface area (Å²) in [5.74, 6) is 3.88. The molecule has 3 aliphatic rings. The maximum atomic E-state index is 9.72. The second-order valence-electron chi connectivity index (χ2n) is 9.34. The van der Waals surface area contributed by atoms with Crippen LogP contribution in [0.3, 0.4) is 0 Å². The molecule has 22 heavy (non-hydrogen) atoms. The molecule has 128 valence electrons. The average Bonchev–Trinajstić information content (AvgIpc) is 2.56. The molecular weight excluding hydrogens is 268 g/mol. The summed E-state index contributed by atoms with van der Waals surface area (Å²) in [4.78, 5) is 0. The summed E-state index contributed by atoms with van der Waals surface area (Å²) >= 11 is 0. The normalized spacial score (nSPS) is 38.9. The first kappa shape index (κ1) is 16.8. The number of rotatable bonds is 3. The maximum absolute atomic E-state index is 9.72. The Hall–Kier alpha value is -0.0400. The summed E-state index contributed by atoms with van der Waals surface area (Å²) in [6.07, 6.45) is 18.1. The third-order valence-electron chi connectivity index (χ3n) is 7.89. The van der Waals surface area contributed by atoms with Crippen molar-refractivity contribution in [2.24, 2.45) is 29.1 Å². The Kier molecular flexibility index (Phi) is 5.53. The molecule has 0 heterocycles. The van der Waals surface area contributed by atoms with E-state index in [0.29, 0.717) is 5.41 Å². The average molecular weight is 307 g/mol. The summed E-state index contributed by atoms with van der Waals surface area (Å²) in [6.45, 7) is 5.18. The van der Waals surface area contributed by atoms with Gasteiger partial charge in [-0.2, -0.15) is 0 Å². The minimum Gasteiger partial charge on any atom is -0.393 e. The van der Waals surface area contributed by atoms with Gasteiger partial charge in [0.2, 0.25) is 0 Å². The van der Waals surface area contributed by atoms with Crippen LogP contribution in [0.25, 0.3) is 0 Å². The molecule has 0 atom stereocenters. The Morgan fingerprint density at radius 3 is 1.59 bits per heavy atom. The third-order valence-corrected chi connectivity index (χ3v) is 7.89. The van der Waals surface area contributed by atoms with E-state index in [4.69, 9.17) is 0 Å². The minimum atomic E-state index is 0.0119. The molecule has 0 radical (unpaired) electrons. The van der Waals surface area contributed by atoms with Crippen molar-refractivity contribution in [3.05, 3.63) is 0 Å². The lowest BCUT2D eigenvalue weighted by atomic mass is 9.59. The summed E-state index contributed by atoms with van der Waals surface area (Å²) < 4.78 is 0. The van der Waals surface area contributed by atoms with Crippen molar-refractivity contribution in [2.45, 2.75) is 103 Å². The van der Waals surface area contributed by atoms with E-state index in [9.17, 15) is 5.11 Å². The Morgan fingerprint density at radius 1 is 0.591 bits per heavy atom. The van der Waals surface area contributed by atoms with Crippen LogP contribution < -0.4 is 0 Å². The smallest absolute Gasteiger partial charge is 0.0540 e.